The van der Waals surface area contributed by atoms with Gasteiger partial charge in [0.25, 0.3) is 0 Å². The zero-order chi connectivity index (χ0) is 18.7. The molecule has 134 valence electrons. The lowest BCUT2D eigenvalue weighted by molar-refractivity contribution is -0.113. The first kappa shape index (κ1) is 19.6. The molecule has 1 amide bonds. The van der Waals surface area contributed by atoms with Gasteiger partial charge in [0.15, 0.2) is 8.29 Å². The van der Waals surface area contributed by atoms with Gasteiger partial charge in [-0.3, -0.25) is 4.79 Å². The van der Waals surface area contributed by atoms with E-state index in [9.17, 15) is 4.79 Å². The summed E-state index contributed by atoms with van der Waals surface area (Å²) >= 11 is 17.5. The molecule has 0 aliphatic rings. The Kier molecular flexibility index (Phi) is 6.52. The number of carbonyl (C=O) groups excluding carboxylic acids is 1. The number of nitrogens with one attached hydrogen (secondary N) is 1. The van der Waals surface area contributed by atoms with Crippen LogP contribution in [0, 0.1) is 10.9 Å². The van der Waals surface area contributed by atoms with Gasteiger partial charge in [-0.05, 0) is 77.0 Å². The van der Waals surface area contributed by atoms with Crippen molar-refractivity contribution in [2.24, 2.45) is 0 Å². The first-order chi connectivity index (χ1) is 12.4. The fraction of sp³-hybridized carbons (Fsp3) is 0.118. The highest BCUT2D eigenvalue weighted by Gasteiger charge is 2.11. The Labute approximate surface area is 177 Å². The predicted octanol–water partition coefficient (Wildman–Crippen LogP) is 6.12. The van der Waals surface area contributed by atoms with Crippen LogP contribution >= 0.6 is 62.8 Å². The van der Waals surface area contributed by atoms with Crippen LogP contribution in [-0.2, 0) is 4.79 Å². The van der Waals surface area contributed by atoms with E-state index in [4.69, 9.17) is 23.8 Å². The van der Waals surface area contributed by atoms with Gasteiger partial charge in [-0.15, -0.1) is 5.10 Å². The van der Waals surface area contributed by atoms with Gasteiger partial charge in [0.2, 0.25) is 5.91 Å². The van der Waals surface area contributed by atoms with Crippen molar-refractivity contribution >= 4 is 74.4 Å². The van der Waals surface area contributed by atoms with Gasteiger partial charge in [-0.1, -0.05) is 40.8 Å². The van der Waals surface area contributed by atoms with Crippen LogP contribution < -0.4 is 5.32 Å². The Morgan fingerprint density at radius 2 is 2.08 bits per heavy atom. The highest BCUT2D eigenvalue weighted by atomic mass is 79.9. The molecule has 0 saturated heterocycles. The molecule has 0 fully saturated rings. The van der Waals surface area contributed by atoms with Crippen molar-refractivity contribution in [1.82, 2.24) is 9.78 Å². The van der Waals surface area contributed by atoms with E-state index >= 15 is 0 Å². The van der Waals surface area contributed by atoms with Gasteiger partial charge in [0, 0.05) is 9.50 Å². The topological polar surface area (TPSA) is 46.9 Å². The van der Waals surface area contributed by atoms with Crippen molar-refractivity contribution in [3.05, 3.63) is 61.5 Å². The summed E-state index contributed by atoms with van der Waals surface area (Å²) in [5.74, 6) is 0.155. The van der Waals surface area contributed by atoms with Gasteiger partial charge in [0.1, 0.15) is 0 Å². The minimum absolute atomic E-state index is 0.0984. The smallest absolute Gasteiger partial charge is 0.234 e. The van der Waals surface area contributed by atoms with Gasteiger partial charge in [-0.25, -0.2) is 4.68 Å². The molecule has 0 aliphatic carbocycles. The summed E-state index contributed by atoms with van der Waals surface area (Å²) in [4.78, 5) is 12.2. The summed E-state index contributed by atoms with van der Waals surface area (Å²) < 4.78 is 3.89. The molecule has 0 atom stereocenters. The third kappa shape index (κ3) is 4.95. The Bertz CT molecular complexity index is 1000. The summed E-state index contributed by atoms with van der Waals surface area (Å²) in [5, 5.41) is 8.03. The van der Waals surface area contributed by atoms with Crippen molar-refractivity contribution in [3.8, 4) is 5.69 Å². The first-order valence-electron chi connectivity index (χ1n) is 7.47. The molecular formula is C17H13BrClN3OS3. The molecule has 0 saturated carbocycles. The van der Waals surface area contributed by atoms with Crippen LogP contribution in [-0.4, -0.2) is 21.4 Å². The van der Waals surface area contributed by atoms with Crippen molar-refractivity contribution in [3.63, 3.8) is 0 Å². The van der Waals surface area contributed by atoms with E-state index in [0.717, 1.165) is 25.8 Å². The quantitative estimate of drug-likeness (QED) is 0.349. The Morgan fingerprint density at radius 3 is 2.77 bits per heavy atom. The van der Waals surface area contributed by atoms with Crippen LogP contribution in [0.2, 0.25) is 5.02 Å². The number of hydrogen-bond acceptors (Lipinski definition) is 5. The summed E-state index contributed by atoms with van der Waals surface area (Å²) in [5.41, 5.74) is 2.72. The maximum absolute atomic E-state index is 12.2. The van der Waals surface area contributed by atoms with E-state index in [2.05, 4.69) is 26.3 Å². The van der Waals surface area contributed by atoms with Gasteiger partial charge in [-0.2, -0.15) is 0 Å². The molecule has 1 N–H and O–H groups in total. The van der Waals surface area contributed by atoms with Crippen molar-refractivity contribution in [1.29, 1.82) is 0 Å². The molecule has 1 aromatic heterocycles. The van der Waals surface area contributed by atoms with E-state index in [0.29, 0.717) is 8.98 Å². The molecule has 0 bridgehead atoms. The van der Waals surface area contributed by atoms with Crippen LogP contribution in [0.1, 0.15) is 5.56 Å². The van der Waals surface area contributed by atoms with E-state index in [-0.39, 0.29) is 11.7 Å². The Balaban J connectivity index is 1.64. The zero-order valence-corrected chi connectivity index (χ0v) is 18.3. The largest absolute Gasteiger partial charge is 0.324 e. The number of benzene rings is 2. The zero-order valence-electron chi connectivity index (χ0n) is 13.5. The molecule has 2 aromatic carbocycles. The molecule has 0 unspecified atom stereocenters. The molecule has 1 heterocycles. The number of aryl methyl sites for hydroxylation is 1. The van der Waals surface area contributed by atoms with Crippen LogP contribution in [0.5, 0.6) is 0 Å². The van der Waals surface area contributed by atoms with Gasteiger partial charge < -0.3 is 5.32 Å². The van der Waals surface area contributed by atoms with Crippen LogP contribution in [0.15, 0.2) is 51.3 Å². The summed E-state index contributed by atoms with van der Waals surface area (Å²) in [6, 6.07) is 13.1. The van der Waals surface area contributed by atoms with E-state index in [1.807, 2.05) is 37.3 Å². The molecule has 4 nitrogen and oxygen atoms in total. The highest BCUT2D eigenvalue weighted by Crippen LogP contribution is 2.26. The van der Waals surface area contributed by atoms with E-state index < -0.39 is 0 Å². The summed E-state index contributed by atoms with van der Waals surface area (Å²) in [7, 11) is 0. The van der Waals surface area contributed by atoms with Crippen molar-refractivity contribution in [2.75, 3.05) is 11.1 Å². The molecule has 3 aromatic rings. The Morgan fingerprint density at radius 1 is 1.35 bits per heavy atom. The highest BCUT2D eigenvalue weighted by molar-refractivity contribution is 9.10. The number of amides is 1. The standard InChI is InChI=1S/C17H13BrClN3OS3/c1-10-2-7-14(13(18)8-10)20-15(23)9-25-16-21-22(17(24)26-16)12-5-3-11(19)4-6-12/h2-8H,9H2,1H3,(H,20,23). The van der Waals surface area contributed by atoms with E-state index in [1.165, 1.54) is 23.1 Å². The fourth-order valence-corrected chi connectivity index (χ4v) is 4.98. The minimum atomic E-state index is -0.0984. The number of thioether (sulfide) groups is 1. The molecule has 3 rings (SSSR count). The predicted molar refractivity (Wildman–Crippen MR) is 116 cm³/mol. The molecule has 9 heteroatoms. The summed E-state index contributed by atoms with van der Waals surface area (Å²) in [6.45, 7) is 2.00. The lowest BCUT2D eigenvalue weighted by atomic mass is 10.2. The average Bonchev–Trinajstić information content (AvgIpc) is 2.97. The van der Waals surface area contributed by atoms with Crippen molar-refractivity contribution < 1.29 is 4.79 Å². The SMILES string of the molecule is Cc1ccc(NC(=O)CSc2nn(-c3ccc(Cl)cc3)c(=S)s2)c(Br)c1. The lowest BCUT2D eigenvalue weighted by Crippen LogP contribution is -2.14. The second-order valence-electron chi connectivity index (χ2n) is 5.34. The molecule has 0 aliphatic heterocycles. The van der Waals surface area contributed by atoms with Gasteiger partial charge >= 0.3 is 0 Å². The molecule has 0 radical (unpaired) electrons. The number of rotatable bonds is 5. The third-order valence-corrected chi connectivity index (χ3v) is 6.60. The summed E-state index contributed by atoms with van der Waals surface area (Å²) in [6.07, 6.45) is 0. The first-order valence-corrected chi connectivity index (χ1v) is 10.9. The monoisotopic (exact) mass is 485 g/mol. The molecule has 26 heavy (non-hydrogen) atoms. The van der Waals surface area contributed by atoms with Gasteiger partial charge in [0.05, 0.1) is 17.1 Å². The fourth-order valence-electron chi connectivity index (χ4n) is 2.10. The van der Waals surface area contributed by atoms with Crippen LogP contribution in [0.25, 0.3) is 5.69 Å². The molecule has 0 spiro atoms. The number of aromatic nitrogens is 2. The average molecular weight is 487 g/mol. The molecular weight excluding hydrogens is 474 g/mol. The second-order valence-corrected chi connectivity index (χ2v) is 9.48. The Hall–Kier alpha value is -1.19. The number of halogens is 2. The minimum Gasteiger partial charge on any atom is -0.324 e. The maximum atomic E-state index is 12.2. The van der Waals surface area contributed by atoms with Crippen LogP contribution in [0.4, 0.5) is 5.69 Å². The van der Waals surface area contributed by atoms with Crippen LogP contribution in [0.3, 0.4) is 0 Å². The number of carbonyl (C=O) groups is 1. The lowest BCUT2D eigenvalue weighted by Gasteiger charge is -2.07. The third-order valence-electron chi connectivity index (χ3n) is 3.33. The number of anilines is 1. The van der Waals surface area contributed by atoms with Crippen molar-refractivity contribution in [2.45, 2.75) is 11.3 Å². The normalized spacial score (nSPS) is 10.7. The number of nitrogens with zero attached hydrogens (tertiary/aromatic N) is 2. The second kappa shape index (κ2) is 8.67. The maximum Gasteiger partial charge on any atom is 0.234 e. The van der Waals surface area contributed by atoms with E-state index in [1.54, 1.807) is 16.8 Å². The number of hydrogen-bond donors (Lipinski definition) is 1.